The van der Waals surface area contributed by atoms with E-state index in [2.05, 4.69) is 26.9 Å². The molecule has 1 aliphatic rings. The quantitative estimate of drug-likeness (QED) is 0.533. The largest absolute Gasteiger partial charge is 0.497 e. The van der Waals surface area contributed by atoms with Crippen molar-refractivity contribution in [3.8, 4) is 17.2 Å². The van der Waals surface area contributed by atoms with E-state index in [1.54, 1.807) is 18.9 Å². The fourth-order valence-corrected chi connectivity index (χ4v) is 4.12. The standard InChI is InChI=1S/C21H23N3O3S/c1-25-17-9-11-18(12-10-17)27-14-20-22-23-21(28-15-19-8-5-13-26-19)24(20)16-6-3-2-4-7-16/h2-4,6-7,9-12,19H,5,8,13-15H2,1H3. The molecule has 146 valence electrons. The van der Waals surface area contributed by atoms with Crippen LogP contribution in [0.5, 0.6) is 11.5 Å². The third-order valence-electron chi connectivity index (χ3n) is 4.56. The summed E-state index contributed by atoms with van der Waals surface area (Å²) in [4.78, 5) is 0. The van der Waals surface area contributed by atoms with Crippen LogP contribution >= 0.6 is 11.8 Å². The molecule has 0 bridgehead atoms. The Kier molecular flexibility index (Phi) is 6.14. The summed E-state index contributed by atoms with van der Waals surface area (Å²) in [6, 6.07) is 17.6. The summed E-state index contributed by atoms with van der Waals surface area (Å²) in [5.41, 5.74) is 1.02. The van der Waals surface area contributed by atoms with E-state index in [-0.39, 0.29) is 0 Å². The molecular weight excluding hydrogens is 374 g/mol. The summed E-state index contributed by atoms with van der Waals surface area (Å²) in [6.45, 7) is 1.19. The fourth-order valence-electron chi connectivity index (χ4n) is 3.09. The number of ether oxygens (including phenoxy) is 3. The summed E-state index contributed by atoms with van der Waals surface area (Å²) in [6.07, 6.45) is 2.54. The molecule has 2 aromatic carbocycles. The van der Waals surface area contributed by atoms with E-state index in [0.29, 0.717) is 12.7 Å². The molecule has 1 aliphatic heterocycles. The number of rotatable bonds is 8. The molecule has 1 atom stereocenters. The molecule has 1 saturated heterocycles. The summed E-state index contributed by atoms with van der Waals surface area (Å²) in [5, 5.41) is 9.66. The second kappa shape index (κ2) is 9.12. The van der Waals surface area contributed by atoms with Gasteiger partial charge in [-0.15, -0.1) is 10.2 Å². The van der Waals surface area contributed by atoms with Gasteiger partial charge in [-0.3, -0.25) is 4.57 Å². The van der Waals surface area contributed by atoms with Gasteiger partial charge in [0.05, 0.1) is 13.2 Å². The normalized spacial score (nSPS) is 16.2. The van der Waals surface area contributed by atoms with Crippen molar-refractivity contribution in [1.82, 2.24) is 14.8 Å². The van der Waals surface area contributed by atoms with Crippen molar-refractivity contribution in [2.75, 3.05) is 19.5 Å². The molecule has 1 aromatic heterocycles. The van der Waals surface area contributed by atoms with E-state index in [4.69, 9.17) is 14.2 Å². The van der Waals surface area contributed by atoms with Crippen LogP contribution in [0.3, 0.4) is 0 Å². The first-order valence-electron chi connectivity index (χ1n) is 9.34. The smallest absolute Gasteiger partial charge is 0.196 e. The second-order valence-corrected chi connectivity index (χ2v) is 7.47. The zero-order valence-electron chi connectivity index (χ0n) is 15.8. The molecule has 1 unspecified atom stereocenters. The number of para-hydroxylation sites is 1. The van der Waals surface area contributed by atoms with Gasteiger partial charge in [0, 0.05) is 18.0 Å². The van der Waals surface area contributed by atoms with Crippen molar-refractivity contribution in [2.45, 2.75) is 30.7 Å². The Hall–Kier alpha value is -2.51. The molecule has 3 aromatic rings. The van der Waals surface area contributed by atoms with Crippen molar-refractivity contribution in [3.05, 3.63) is 60.4 Å². The van der Waals surface area contributed by atoms with Crippen LogP contribution < -0.4 is 9.47 Å². The maximum Gasteiger partial charge on any atom is 0.196 e. The molecule has 0 amide bonds. The van der Waals surface area contributed by atoms with E-state index in [0.717, 1.165) is 53.4 Å². The van der Waals surface area contributed by atoms with Gasteiger partial charge in [-0.05, 0) is 49.2 Å². The SMILES string of the molecule is COc1ccc(OCc2nnc(SCC3CCCO3)n2-c2ccccc2)cc1. The molecule has 28 heavy (non-hydrogen) atoms. The van der Waals surface area contributed by atoms with Crippen LogP contribution in [0.4, 0.5) is 0 Å². The van der Waals surface area contributed by atoms with Crippen LogP contribution in [-0.4, -0.2) is 40.3 Å². The van der Waals surface area contributed by atoms with Gasteiger partial charge in [-0.1, -0.05) is 30.0 Å². The zero-order valence-corrected chi connectivity index (χ0v) is 16.6. The Bertz CT molecular complexity index is 878. The number of thioether (sulfide) groups is 1. The van der Waals surface area contributed by atoms with E-state index in [1.807, 2.05) is 42.5 Å². The van der Waals surface area contributed by atoms with Gasteiger partial charge in [-0.25, -0.2) is 0 Å². The van der Waals surface area contributed by atoms with Gasteiger partial charge in [0.1, 0.15) is 18.1 Å². The van der Waals surface area contributed by atoms with Crippen LogP contribution in [0.15, 0.2) is 59.8 Å². The lowest BCUT2D eigenvalue weighted by molar-refractivity contribution is 0.129. The van der Waals surface area contributed by atoms with Crippen molar-refractivity contribution in [3.63, 3.8) is 0 Å². The molecule has 0 radical (unpaired) electrons. The number of methoxy groups -OCH3 is 1. The highest BCUT2D eigenvalue weighted by atomic mass is 32.2. The number of hydrogen-bond donors (Lipinski definition) is 0. The van der Waals surface area contributed by atoms with Crippen LogP contribution in [0.25, 0.3) is 5.69 Å². The highest BCUT2D eigenvalue weighted by molar-refractivity contribution is 7.99. The Morgan fingerprint density at radius 2 is 1.86 bits per heavy atom. The number of aromatic nitrogens is 3. The Balaban J connectivity index is 1.51. The molecule has 6 nitrogen and oxygen atoms in total. The second-order valence-electron chi connectivity index (χ2n) is 6.48. The van der Waals surface area contributed by atoms with Gasteiger partial charge in [0.2, 0.25) is 0 Å². The lowest BCUT2D eigenvalue weighted by Crippen LogP contribution is -2.10. The molecule has 0 aliphatic carbocycles. The van der Waals surface area contributed by atoms with Crippen molar-refractivity contribution in [2.24, 2.45) is 0 Å². The fraction of sp³-hybridized carbons (Fsp3) is 0.333. The van der Waals surface area contributed by atoms with Gasteiger partial charge < -0.3 is 14.2 Å². The first-order chi connectivity index (χ1) is 13.8. The predicted octanol–water partition coefficient (Wildman–Crippen LogP) is 4.13. The molecule has 0 spiro atoms. The first kappa shape index (κ1) is 18.8. The van der Waals surface area contributed by atoms with Crippen molar-refractivity contribution in [1.29, 1.82) is 0 Å². The predicted molar refractivity (Wildman–Crippen MR) is 108 cm³/mol. The molecule has 4 rings (SSSR count). The maximum atomic E-state index is 5.93. The molecular formula is C21H23N3O3S. The van der Waals surface area contributed by atoms with Gasteiger partial charge in [0.15, 0.2) is 11.0 Å². The average Bonchev–Trinajstić information content (AvgIpc) is 3.41. The molecule has 7 heteroatoms. The monoisotopic (exact) mass is 397 g/mol. The molecule has 0 N–H and O–H groups in total. The van der Waals surface area contributed by atoms with Crippen molar-refractivity contribution >= 4 is 11.8 Å². The van der Waals surface area contributed by atoms with Gasteiger partial charge >= 0.3 is 0 Å². The third-order valence-corrected chi connectivity index (χ3v) is 5.63. The number of benzene rings is 2. The molecule has 1 fully saturated rings. The minimum Gasteiger partial charge on any atom is -0.497 e. The van der Waals surface area contributed by atoms with E-state index in [9.17, 15) is 0 Å². The molecule has 0 saturated carbocycles. The van der Waals surface area contributed by atoms with Gasteiger partial charge in [0.25, 0.3) is 0 Å². The van der Waals surface area contributed by atoms with E-state index in [1.165, 1.54) is 0 Å². The zero-order chi connectivity index (χ0) is 19.2. The topological polar surface area (TPSA) is 58.4 Å². The van der Waals surface area contributed by atoms with Crippen LogP contribution in [0.2, 0.25) is 0 Å². The Morgan fingerprint density at radius 1 is 1.07 bits per heavy atom. The minimum atomic E-state index is 0.296. The van der Waals surface area contributed by atoms with E-state index >= 15 is 0 Å². The van der Waals surface area contributed by atoms with E-state index < -0.39 is 0 Å². The first-order valence-corrected chi connectivity index (χ1v) is 10.3. The third kappa shape index (κ3) is 4.48. The number of nitrogens with zero attached hydrogens (tertiary/aromatic N) is 3. The highest BCUT2D eigenvalue weighted by Gasteiger charge is 2.20. The lowest BCUT2D eigenvalue weighted by atomic mass is 10.3. The molecule has 2 heterocycles. The minimum absolute atomic E-state index is 0.296. The van der Waals surface area contributed by atoms with Crippen LogP contribution in [-0.2, 0) is 11.3 Å². The summed E-state index contributed by atoms with van der Waals surface area (Å²) in [5.74, 6) is 3.20. The highest BCUT2D eigenvalue weighted by Crippen LogP contribution is 2.26. The summed E-state index contributed by atoms with van der Waals surface area (Å²) >= 11 is 1.68. The maximum absolute atomic E-state index is 5.93. The van der Waals surface area contributed by atoms with Crippen LogP contribution in [0, 0.1) is 0 Å². The van der Waals surface area contributed by atoms with Gasteiger partial charge in [-0.2, -0.15) is 0 Å². The summed E-state index contributed by atoms with van der Waals surface area (Å²) in [7, 11) is 1.65. The van der Waals surface area contributed by atoms with Crippen molar-refractivity contribution < 1.29 is 14.2 Å². The number of hydrogen-bond acceptors (Lipinski definition) is 6. The Labute approximate surface area is 168 Å². The Morgan fingerprint density at radius 3 is 2.57 bits per heavy atom. The average molecular weight is 398 g/mol. The summed E-state index contributed by atoms with van der Waals surface area (Å²) < 4.78 is 18.9. The van der Waals surface area contributed by atoms with Crippen LogP contribution in [0.1, 0.15) is 18.7 Å². The lowest BCUT2D eigenvalue weighted by Gasteiger charge is -2.12.